The van der Waals surface area contributed by atoms with Gasteiger partial charge in [0.2, 0.25) is 11.7 Å². The van der Waals surface area contributed by atoms with Crippen molar-refractivity contribution in [3.63, 3.8) is 0 Å². The van der Waals surface area contributed by atoms with E-state index in [1.165, 1.54) is 5.56 Å². The molecule has 1 heterocycles. The Morgan fingerprint density at radius 1 is 1.22 bits per heavy atom. The van der Waals surface area contributed by atoms with Crippen LogP contribution in [0.25, 0.3) is 11.4 Å². The number of carbonyl (C=O) groups is 1. The first-order valence-electron chi connectivity index (χ1n) is 9.22. The van der Waals surface area contributed by atoms with Crippen molar-refractivity contribution in [2.24, 2.45) is 0 Å². The van der Waals surface area contributed by atoms with Crippen molar-refractivity contribution in [1.82, 2.24) is 15.5 Å². The molecule has 0 fully saturated rings. The molecule has 0 unspecified atom stereocenters. The summed E-state index contributed by atoms with van der Waals surface area (Å²) in [6.45, 7) is 4.00. The molecule has 1 atom stereocenters. The van der Waals surface area contributed by atoms with Crippen LogP contribution in [0.1, 0.15) is 42.0 Å². The van der Waals surface area contributed by atoms with Gasteiger partial charge in [0.05, 0.1) is 6.04 Å². The maximum atomic E-state index is 12.3. The minimum absolute atomic E-state index is 0.0102. The molecule has 0 saturated heterocycles. The van der Waals surface area contributed by atoms with Gasteiger partial charge >= 0.3 is 6.03 Å². The molecule has 2 aromatic carbocycles. The van der Waals surface area contributed by atoms with Crippen LogP contribution in [-0.4, -0.2) is 16.2 Å². The minimum Gasteiger partial charge on any atom is -0.339 e. The van der Waals surface area contributed by atoms with E-state index in [9.17, 15) is 4.79 Å². The smallest absolute Gasteiger partial charge is 0.319 e. The van der Waals surface area contributed by atoms with Crippen LogP contribution in [-0.2, 0) is 12.8 Å². The number of aryl methyl sites for hydroxylation is 3. The third-order valence-electron chi connectivity index (χ3n) is 4.86. The highest BCUT2D eigenvalue weighted by molar-refractivity contribution is 5.89. The zero-order valence-electron chi connectivity index (χ0n) is 15.5. The Bertz CT molecular complexity index is 963. The summed E-state index contributed by atoms with van der Waals surface area (Å²) in [4.78, 5) is 16.7. The molecule has 0 radical (unpaired) electrons. The molecule has 6 nitrogen and oxygen atoms in total. The molecule has 4 rings (SSSR count). The summed E-state index contributed by atoms with van der Waals surface area (Å²) in [6, 6.07) is 13.7. The molecule has 138 valence electrons. The zero-order chi connectivity index (χ0) is 18.8. The Morgan fingerprint density at radius 2 is 2.04 bits per heavy atom. The molecule has 0 spiro atoms. The van der Waals surface area contributed by atoms with Crippen LogP contribution in [0, 0.1) is 6.92 Å². The van der Waals surface area contributed by atoms with Crippen molar-refractivity contribution >= 4 is 11.7 Å². The Hall–Kier alpha value is -3.15. The topological polar surface area (TPSA) is 80.0 Å². The lowest BCUT2D eigenvalue weighted by Crippen LogP contribution is -2.31. The number of rotatable bonds is 4. The Labute approximate surface area is 158 Å². The van der Waals surface area contributed by atoms with E-state index >= 15 is 0 Å². The molecule has 2 amide bonds. The lowest BCUT2D eigenvalue weighted by Gasteiger charge is -2.15. The Morgan fingerprint density at radius 3 is 2.78 bits per heavy atom. The van der Waals surface area contributed by atoms with Crippen LogP contribution in [0.2, 0.25) is 0 Å². The molecule has 1 aromatic heterocycles. The average molecular weight is 362 g/mol. The van der Waals surface area contributed by atoms with Crippen molar-refractivity contribution in [2.45, 2.75) is 39.2 Å². The predicted octanol–water partition coefficient (Wildman–Crippen LogP) is 4.42. The molecular formula is C21H22N4O2. The van der Waals surface area contributed by atoms with Gasteiger partial charge in [-0.3, -0.25) is 0 Å². The number of anilines is 1. The molecule has 0 saturated carbocycles. The number of hydrogen-bond acceptors (Lipinski definition) is 4. The zero-order valence-corrected chi connectivity index (χ0v) is 15.5. The van der Waals surface area contributed by atoms with Gasteiger partial charge in [0.15, 0.2) is 0 Å². The number of benzene rings is 2. The molecular weight excluding hydrogens is 340 g/mol. The highest BCUT2D eigenvalue weighted by atomic mass is 16.5. The summed E-state index contributed by atoms with van der Waals surface area (Å²) in [5.74, 6) is 1.25. The highest BCUT2D eigenvalue weighted by Crippen LogP contribution is 2.33. The molecule has 0 bridgehead atoms. The summed E-state index contributed by atoms with van der Waals surface area (Å²) < 4.78 is 5.20. The summed E-state index contributed by atoms with van der Waals surface area (Å²) in [5.41, 5.74) is 5.26. The standard InChI is InChI=1S/C21H22N4O2/c1-3-19-24-20(25-27-19)15-6-10-17-14(12-15)7-11-18(17)23-21(26)22-16-8-4-13(2)5-9-16/h4-6,8-10,12,18H,3,7,11H2,1-2H3,(H2,22,23,26)/t18-/m1/s1. The molecule has 0 aliphatic heterocycles. The van der Waals surface area contributed by atoms with Gasteiger partial charge in [0.25, 0.3) is 0 Å². The molecule has 1 aliphatic rings. The maximum Gasteiger partial charge on any atom is 0.319 e. The SMILES string of the molecule is CCc1nc(-c2ccc3c(c2)CC[C@H]3NC(=O)Nc2ccc(C)cc2)no1. The number of carbonyl (C=O) groups excluding carboxylic acids is 1. The summed E-state index contributed by atoms with van der Waals surface area (Å²) in [6.07, 6.45) is 2.52. The first kappa shape index (κ1) is 17.3. The number of aromatic nitrogens is 2. The lowest BCUT2D eigenvalue weighted by molar-refractivity contribution is 0.248. The van der Waals surface area contributed by atoms with E-state index in [2.05, 4.69) is 32.9 Å². The number of hydrogen-bond donors (Lipinski definition) is 2. The Kier molecular flexibility index (Phi) is 4.62. The monoisotopic (exact) mass is 362 g/mol. The van der Waals surface area contributed by atoms with Crippen LogP contribution in [0.3, 0.4) is 0 Å². The fourth-order valence-electron chi connectivity index (χ4n) is 3.38. The van der Waals surface area contributed by atoms with Gasteiger partial charge in [-0.1, -0.05) is 41.9 Å². The van der Waals surface area contributed by atoms with Crippen molar-refractivity contribution in [3.05, 3.63) is 65.0 Å². The third kappa shape index (κ3) is 3.69. The molecule has 2 N–H and O–H groups in total. The van der Waals surface area contributed by atoms with Crippen LogP contribution < -0.4 is 10.6 Å². The van der Waals surface area contributed by atoms with Gasteiger partial charge in [0, 0.05) is 17.7 Å². The first-order chi connectivity index (χ1) is 13.1. The first-order valence-corrected chi connectivity index (χ1v) is 9.22. The molecule has 6 heteroatoms. The molecule has 1 aliphatic carbocycles. The van der Waals surface area contributed by atoms with Gasteiger partial charge in [-0.2, -0.15) is 4.98 Å². The van der Waals surface area contributed by atoms with E-state index in [1.807, 2.05) is 44.2 Å². The Balaban J connectivity index is 1.45. The van der Waals surface area contributed by atoms with Gasteiger partial charge < -0.3 is 15.2 Å². The maximum absolute atomic E-state index is 12.3. The summed E-state index contributed by atoms with van der Waals surface area (Å²) in [7, 11) is 0. The lowest BCUT2D eigenvalue weighted by atomic mass is 10.0. The van der Waals surface area contributed by atoms with Gasteiger partial charge in [-0.25, -0.2) is 4.79 Å². The number of nitrogens with zero attached hydrogens (tertiary/aromatic N) is 2. The number of fused-ring (bicyclic) bond motifs is 1. The van der Waals surface area contributed by atoms with E-state index in [0.717, 1.165) is 41.6 Å². The quantitative estimate of drug-likeness (QED) is 0.720. The summed E-state index contributed by atoms with van der Waals surface area (Å²) >= 11 is 0. The number of urea groups is 1. The number of amides is 2. The van der Waals surface area contributed by atoms with Crippen LogP contribution in [0.5, 0.6) is 0 Å². The second-order valence-electron chi connectivity index (χ2n) is 6.83. The third-order valence-corrected chi connectivity index (χ3v) is 4.86. The van der Waals surface area contributed by atoms with E-state index in [-0.39, 0.29) is 12.1 Å². The second-order valence-corrected chi connectivity index (χ2v) is 6.83. The van der Waals surface area contributed by atoms with E-state index in [0.29, 0.717) is 11.7 Å². The normalized spacial score (nSPS) is 15.4. The van der Waals surface area contributed by atoms with Crippen LogP contribution in [0.15, 0.2) is 47.0 Å². The van der Waals surface area contributed by atoms with Gasteiger partial charge in [0.1, 0.15) is 0 Å². The van der Waals surface area contributed by atoms with E-state index < -0.39 is 0 Å². The van der Waals surface area contributed by atoms with Crippen molar-refractivity contribution in [3.8, 4) is 11.4 Å². The van der Waals surface area contributed by atoms with Crippen molar-refractivity contribution < 1.29 is 9.32 Å². The largest absolute Gasteiger partial charge is 0.339 e. The second kappa shape index (κ2) is 7.23. The predicted molar refractivity (Wildman–Crippen MR) is 104 cm³/mol. The van der Waals surface area contributed by atoms with Gasteiger partial charge in [-0.05, 0) is 49.1 Å². The molecule has 27 heavy (non-hydrogen) atoms. The van der Waals surface area contributed by atoms with Crippen molar-refractivity contribution in [2.75, 3.05) is 5.32 Å². The van der Waals surface area contributed by atoms with Crippen molar-refractivity contribution in [1.29, 1.82) is 0 Å². The molecule has 3 aromatic rings. The van der Waals surface area contributed by atoms with Crippen LogP contribution >= 0.6 is 0 Å². The minimum atomic E-state index is -0.188. The van der Waals surface area contributed by atoms with Crippen LogP contribution in [0.4, 0.5) is 10.5 Å². The summed E-state index contributed by atoms with van der Waals surface area (Å²) in [5, 5.41) is 10.00. The van der Waals surface area contributed by atoms with Gasteiger partial charge in [-0.15, -0.1) is 0 Å². The van der Waals surface area contributed by atoms with E-state index in [1.54, 1.807) is 0 Å². The average Bonchev–Trinajstić information content (AvgIpc) is 3.30. The number of nitrogens with one attached hydrogen (secondary N) is 2. The fraction of sp³-hybridized carbons (Fsp3) is 0.286. The highest BCUT2D eigenvalue weighted by Gasteiger charge is 2.25. The van der Waals surface area contributed by atoms with E-state index in [4.69, 9.17) is 4.52 Å². The fourth-order valence-corrected chi connectivity index (χ4v) is 3.38.